The summed E-state index contributed by atoms with van der Waals surface area (Å²) in [5, 5.41) is 7.89. The Hall–Kier alpha value is -1.44. The predicted molar refractivity (Wildman–Crippen MR) is 69.2 cm³/mol. The van der Waals surface area contributed by atoms with Gasteiger partial charge in [0.25, 0.3) is 5.91 Å². The van der Waals surface area contributed by atoms with Gasteiger partial charge in [-0.3, -0.25) is 4.79 Å². The Morgan fingerprint density at radius 3 is 2.74 bits per heavy atom. The standard InChI is InChI=1S/C12H16N2O4S/c1-8-6-10(19(13,16)17)2-3-11(8)12(15)14-9-4-5-18-7-9/h2-3,6,9H,4-5,7H2,1H3,(H,14,15)(H2,13,16,17). The van der Waals surface area contributed by atoms with Crippen molar-refractivity contribution in [1.82, 2.24) is 5.32 Å². The molecule has 3 N–H and O–H groups in total. The van der Waals surface area contributed by atoms with Crippen molar-refractivity contribution in [3.8, 4) is 0 Å². The molecule has 1 fully saturated rings. The molecule has 1 aromatic rings. The second-order valence-corrected chi connectivity index (χ2v) is 6.12. The Balaban J connectivity index is 2.18. The van der Waals surface area contributed by atoms with Gasteiger partial charge < -0.3 is 10.1 Å². The lowest BCUT2D eigenvalue weighted by Crippen LogP contribution is -2.35. The molecule has 0 spiro atoms. The Bertz CT molecular complexity index is 592. The Labute approximate surface area is 112 Å². The first-order chi connectivity index (χ1) is 8.88. The van der Waals surface area contributed by atoms with E-state index in [0.717, 1.165) is 6.42 Å². The van der Waals surface area contributed by atoms with Crippen LogP contribution in [0.2, 0.25) is 0 Å². The first kappa shape index (κ1) is 14.0. The van der Waals surface area contributed by atoms with E-state index in [2.05, 4.69) is 5.32 Å². The van der Waals surface area contributed by atoms with E-state index in [0.29, 0.717) is 24.3 Å². The van der Waals surface area contributed by atoms with E-state index < -0.39 is 10.0 Å². The summed E-state index contributed by atoms with van der Waals surface area (Å²) >= 11 is 0. The molecule has 0 radical (unpaired) electrons. The molecule has 1 aliphatic rings. The van der Waals surface area contributed by atoms with E-state index in [1.807, 2.05) is 0 Å². The molecule has 1 heterocycles. The predicted octanol–water partition coefficient (Wildman–Crippen LogP) is 0.161. The highest BCUT2D eigenvalue weighted by Gasteiger charge is 2.20. The lowest BCUT2D eigenvalue weighted by atomic mass is 10.1. The van der Waals surface area contributed by atoms with Crippen molar-refractivity contribution in [2.75, 3.05) is 13.2 Å². The molecule has 1 atom stereocenters. The van der Waals surface area contributed by atoms with Gasteiger partial charge in [-0.15, -0.1) is 0 Å². The van der Waals surface area contributed by atoms with Gasteiger partial charge in [0.15, 0.2) is 0 Å². The molecule has 1 aromatic carbocycles. The van der Waals surface area contributed by atoms with Gasteiger partial charge in [-0.2, -0.15) is 0 Å². The number of hydrogen-bond acceptors (Lipinski definition) is 4. The number of ether oxygens (including phenoxy) is 1. The topological polar surface area (TPSA) is 98.5 Å². The zero-order valence-electron chi connectivity index (χ0n) is 10.5. The smallest absolute Gasteiger partial charge is 0.251 e. The number of hydrogen-bond donors (Lipinski definition) is 2. The molecule has 19 heavy (non-hydrogen) atoms. The molecule has 6 nitrogen and oxygen atoms in total. The number of primary sulfonamides is 1. The minimum absolute atomic E-state index is 0.00532. The van der Waals surface area contributed by atoms with Crippen LogP contribution in [-0.2, 0) is 14.8 Å². The monoisotopic (exact) mass is 284 g/mol. The summed E-state index contributed by atoms with van der Waals surface area (Å²) in [6.07, 6.45) is 0.792. The average molecular weight is 284 g/mol. The van der Waals surface area contributed by atoms with Crippen LogP contribution in [0.25, 0.3) is 0 Å². The number of amides is 1. The first-order valence-corrected chi connectivity index (χ1v) is 7.44. The van der Waals surface area contributed by atoms with Crippen molar-refractivity contribution in [1.29, 1.82) is 0 Å². The van der Waals surface area contributed by atoms with Gasteiger partial charge in [0, 0.05) is 12.2 Å². The van der Waals surface area contributed by atoms with Crippen LogP contribution in [0.4, 0.5) is 0 Å². The maximum atomic E-state index is 12.0. The van der Waals surface area contributed by atoms with E-state index >= 15 is 0 Å². The fourth-order valence-corrected chi connectivity index (χ4v) is 2.58. The van der Waals surface area contributed by atoms with Gasteiger partial charge in [0.1, 0.15) is 0 Å². The van der Waals surface area contributed by atoms with Crippen LogP contribution in [-0.4, -0.2) is 33.6 Å². The van der Waals surface area contributed by atoms with E-state index in [4.69, 9.17) is 9.88 Å². The summed E-state index contributed by atoms with van der Waals surface area (Å²) < 4.78 is 27.6. The molecule has 2 rings (SSSR count). The third-order valence-corrected chi connectivity index (χ3v) is 3.95. The second kappa shape index (κ2) is 5.28. The minimum Gasteiger partial charge on any atom is -0.379 e. The highest BCUT2D eigenvalue weighted by molar-refractivity contribution is 7.89. The van der Waals surface area contributed by atoms with Crippen LogP contribution in [0.1, 0.15) is 22.3 Å². The molecule has 1 amide bonds. The molecular formula is C12H16N2O4S. The van der Waals surface area contributed by atoms with Gasteiger partial charge in [0.2, 0.25) is 10.0 Å². The highest BCUT2D eigenvalue weighted by atomic mass is 32.2. The van der Waals surface area contributed by atoms with Crippen molar-refractivity contribution >= 4 is 15.9 Å². The van der Waals surface area contributed by atoms with Crippen molar-refractivity contribution in [2.24, 2.45) is 5.14 Å². The molecule has 1 unspecified atom stereocenters. The van der Waals surface area contributed by atoms with Crippen molar-refractivity contribution < 1.29 is 17.9 Å². The van der Waals surface area contributed by atoms with Crippen LogP contribution in [0.5, 0.6) is 0 Å². The molecular weight excluding hydrogens is 268 g/mol. The maximum Gasteiger partial charge on any atom is 0.251 e. The van der Waals surface area contributed by atoms with Crippen molar-refractivity contribution in [3.63, 3.8) is 0 Å². The molecule has 0 bridgehead atoms. The summed E-state index contributed by atoms with van der Waals surface area (Å²) in [6, 6.07) is 4.22. The number of nitrogens with two attached hydrogens (primary N) is 1. The Morgan fingerprint density at radius 2 is 2.21 bits per heavy atom. The van der Waals surface area contributed by atoms with Gasteiger partial charge in [-0.1, -0.05) is 0 Å². The largest absolute Gasteiger partial charge is 0.379 e. The van der Waals surface area contributed by atoms with Crippen molar-refractivity contribution in [2.45, 2.75) is 24.3 Å². The molecule has 104 valence electrons. The summed E-state index contributed by atoms with van der Waals surface area (Å²) in [4.78, 5) is 12.0. The van der Waals surface area contributed by atoms with Crippen molar-refractivity contribution in [3.05, 3.63) is 29.3 Å². The quantitative estimate of drug-likeness (QED) is 0.826. The average Bonchev–Trinajstić information content (AvgIpc) is 2.80. The van der Waals surface area contributed by atoms with Gasteiger partial charge in [0.05, 0.1) is 17.5 Å². The second-order valence-electron chi connectivity index (χ2n) is 4.56. The molecule has 0 aromatic heterocycles. The zero-order chi connectivity index (χ0) is 14.0. The first-order valence-electron chi connectivity index (χ1n) is 5.90. The number of benzene rings is 1. The fraction of sp³-hybridized carbons (Fsp3) is 0.417. The van der Waals surface area contributed by atoms with Crippen LogP contribution in [0.15, 0.2) is 23.1 Å². The SMILES string of the molecule is Cc1cc(S(N)(=O)=O)ccc1C(=O)NC1CCOC1. The van der Waals surface area contributed by atoms with Crippen LogP contribution in [0, 0.1) is 6.92 Å². The van der Waals surface area contributed by atoms with E-state index in [1.165, 1.54) is 18.2 Å². The van der Waals surface area contributed by atoms with Gasteiger partial charge in [-0.25, -0.2) is 13.6 Å². The summed E-state index contributed by atoms with van der Waals surface area (Å²) in [5.41, 5.74) is 1.02. The highest BCUT2D eigenvalue weighted by Crippen LogP contribution is 2.15. The normalized spacial score (nSPS) is 19.4. The number of carbonyl (C=O) groups excluding carboxylic acids is 1. The Morgan fingerprint density at radius 1 is 1.47 bits per heavy atom. The number of carbonyl (C=O) groups is 1. The molecule has 0 aliphatic carbocycles. The third-order valence-electron chi connectivity index (χ3n) is 3.04. The van der Waals surface area contributed by atoms with Crippen LogP contribution in [0.3, 0.4) is 0 Å². The third kappa shape index (κ3) is 3.31. The molecule has 1 saturated heterocycles. The van der Waals surface area contributed by atoms with Gasteiger partial charge >= 0.3 is 0 Å². The van der Waals surface area contributed by atoms with Crippen LogP contribution >= 0.6 is 0 Å². The number of nitrogens with one attached hydrogen (secondary N) is 1. The summed E-state index contributed by atoms with van der Waals surface area (Å²) in [5.74, 6) is -0.228. The van der Waals surface area contributed by atoms with E-state index in [-0.39, 0.29) is 16.8 Å². The zero-order valence-corrected chi connectivity index (χ0v) is 11.4. The van der Waals surface area contributed by atoms with E-state index in [1.54, 1.807) is 6.92 Å². The maximum absolute atomic E-state index is 12.0. The summed E-state index contributed by atoms with van der Waals surface area (Å²) in [6.45, 7) is 2.84. The number of sulfonamides is 1. The Kier molecular flexibility index (Phi) is 3.88. The lowest BCUT2D eigenvalue weighted by molar-refractivity contribution is 0.0929. The molecule has 1 aliphatic heterocycles. The lowest BCUT2D eigenvalue weighted by Gasteiger charge is -2.12. The number of aryl methyl sites for hydroxylation is 1. The van der Waals surface area contributed by atoms with Crippen LogP contribution < -0.4 is 10.5 Å². The number of rotatable bonds is 3. The fourth-order valence-electron chi connectivity index (χ4n) is 1.98. The molecule has 7 heteroatoms. The van der Waals surface area contributed by atoms with E-state index in [9.17, 15) is 13.2 Å². The summed E-state index contributed by atoms with van der Waals surface area (Å²) in [7, 11) is -3.74. The molecule has 0 saturated carbocycles. The van der Waals surface area contributed by atoms with Gasteiger partial charge in [-0.05, 0) is 37.1 Å². The minimum atomic E-state index is -3.74.